The Morgan fingerprint density at radius 1 is 1.50 bits per heavy atom. The zero-order valence-electron chi connectivity index (χ0n) is 7.82. The lowest BCUT2D eigenvalue weighted by Crippen LogP contribution is -1.98. The van der Waals surface area contributed by atoms with Crippen molar-refractivity contribution in [2.45, 2.75) is 19.9 Å². The van der Waals surface area contributed by atoms with Gasteiger partial charge in [0.05, 0.1) is 23.7 Å². The number of rotatable bonds is 3. The highest BCUT2D eigenvalue weighted by molar-refractivity contribution is 7.09. The number of aromatic nitrogens is 4. The van der Waals surface area contributed by atoms with Gasteiger partial charge >= 0.3 is 0 Å². The molecular formula is C8H11N5S. The predicted octanol–water partition coefficient (Wildman–Crippen LogP) is 0.619. The van der Waals surface area contributed by atoms with Gasteiger partial charge < -0.3 is 5.73 Å². The number of H-pyrrole nitrogens is 1. The van der Waals surface area contributed by atoms with Gasteiger partial charge in [0.25, 0.3) is 0 Å². The molecule has 0 saturated heterocycles. The summed E-state index contributed by atoms with van der Waals surface area (Å²) in [5.74, 6) is 1.46. The number of hydrogen-bond acceptors (Lipinski definition) is 5. The van der Waals surface area contributed by atoms with Crippen molar-refractivity contribution in [2.75, 3.05) is 0 Å². The minimum absolute atomic E-state index is 0.368. The van der Waals surface area contributed by atoms with Crippen molar-refractivity contribution in [3.8, 4) is 0 Å². The molecule has 2 rings (SSSR count). The van der Waals surface area contributed by atoms with Gasteiger partial charge in [-0.15, -0.1) is 11.3 Å². The molecule has 0 atom stereocenters. The van der Waals surface area contributed by atoms with E-state index in [1.165, 1.54) is 0 Å². The summed E-state index contributed by atoms with van der Waals surface area (Å²) in [5.41, 5.74) is 6.42. The first kappa shape index (κ1) is 9.29. The summed E-state index contributed by atoms with van der Waals surface area (Å²) in [5, 5.41) is 9.89. The average molecular weight is 209 g/mol. The monoisotopic (exact) mass is 209 g/mol. The molecule has 0 radical (unpaired) electrons. The van der Waals surface area contributed by atoms with Gasteiger partial charge in [-0.3, -0.25) is 5.10 Å². The molecule has 0 unspecified atom stereocenters. The Morgan fingerprint density at radius 3 is 2.93 bits per heavy atom. The molecule has 0 spiro atoms. The molecule has 2 aromatic rings. The Kier molecular flexibility index (Phi) is 2.55. The maximum Gasteiger partial charge on any atom is 0.164 e. The number of nitrogens with two attached hydrogens (primary N) is 1. The second kappa shape index (κ2) is 3.85. The van der Waals surface area contributed by atoms with E-state index in [0.717, 1.165) is 16.5 Å². The zero-order chi connectivity index (χ0) is 9.97. The summed E-state index contributed by atoms with van der Waals surface area (Å²) in [6, 6.07) is 0. The van der Waals surface area contributed by atoms with Gasteiger partial charge in [-0.1, -0.05) is 0 Å². The van der Waals surface area contributed by atoms with Crippen LogP contribution in [0.4, 0.5) is 0 Å². The number of thiazole rings is 1. The van der Waals surface area contributed by atoms with E-state index in [1.54, 1.807) is 11.3 Å². The molecule has 0 amide bonds. The van der Waals surface area contributed by atoms with Gasteiger partial charge in [0.1, 0.15) is 5.82 Å². The van der Waals surface area contributed by atoms with Gasteiger partial charge in [0, 0.05) is 5.38 Å². The first-order valence-electron chi connectivity index (χ1n) is 4.29. The van der Waals surface area contributed by atoms with Crippen LogP contribution in [0.5, 0.6) is 0 Å². The first-order chi connectivity index (χ1) is 6.78. The minimum Gasteiger partial charge on any atom is -0.324 e. The van der Waals surface area contributed by atoms with Crippen molar-refractivity contribution in [1.29, 1.82) is 0 Å². The van der Waals surface area contributed by atoms with Crippen LogP contribution in [0.1, 0.15) is 22.4 Å². The molecule has 0 fully saturated rings. The third-order valence-electron chi connectivity index (χ3n) is 1.78. The SMILES string of the molecule is Cc1nc(Cc2nc(CN)n[nH]2)cs1. The fourth-order valence-electron chi connectivity index (χ4n) is 1.17. The predicted molar refractivity (Wildman–Crippen MR) is 53.9 cm³/mol. The van der Waals surface area contributed by atoms with Crippen LogP contribution >= 0.6 is 11.3 Å². The van der Waals surface area contributed by atoms with Crippen molar-refractivity contribution in [1.82, 2.24) is 20.2 Å². The molecular weight excluding hydrogens is 198 g/mol. The van der Waals surface area contributed by atoms with E-state index in [-0.39, 0.29) is 0 Å². The molecule has 6 heteroatoms. The molecule has 2 heterocycles. The fraction of sp³-hybridized carbons (Fsp3) is 0.375. The molecule has 0 bridgehead atoms. The van der Waals surface area contributed by atoms with Crippen LogP contribution < -0.4 is 5.73 Å². The summed E-state index contributed by atoms with van der Waals surface area (Å²) < 4.78 is 0. The molecule has 74 valence electrons. The van der Waals surface area contributed by atoms with Crippen LogP contribution in [-0.4, -0.2) is 20.2 Å². The van der Waals surface area contributed by atoms with E-state index in [1.807, 2.05) is 12.3 Å². The van der Waals surface area contributed by atoms with Crippen LogP contribution in [0.3, 0.4) is 0 Å². The van der Waals surface area contributed by atoms with E-state index in [2.05, 4.69) is 20.2 Å². The zero-order valence-corrected chi connectivity index (χ0v) is 8.64. The van der Waals surface area contributed by atoms with E-state index in [0.29, 0.717) is 18.8 Å². The second-order valence-corrected chi connectivity index (χ2v) is 4.00. The van der Waals surface area contributed by atoms with Gasteiger partial charge in [-0.25, -0.2) is 9.97 Å². The number of hydrogen-bond donors (Lipinski definition) is 2. The van der Waals surface area contributed by atoms with Crippen LogP contribution in [0.25, 0.3) is 0 Å². The standard InChI is InChI=1S/C8H11N5S/c1-5-10-6(4-14-5)2-7-11-8(3-9)13-12-7/h4H,2-3,9H2,1H3,(H,11,12,13). The fourth-order valence-corrected chi connectivity index (χ4v) is 1.78. The molecule has 3 N–H and O–H groups in total. The normalized spacial score (nSPS) is 10.7. The van der Waals surface area contributed by atoms with Crippen molar-refractivity contribution in [3.63, 3.8) is 0 Å². The summed E-state index contributed by atoms with van der Waals surface area (Å²) in [6.07, 6.45) is 0.692. The molecule has 5 nitrogen and oxygen atoms in total. The maximum absolute atomic E-state index is 5.40. The van der Waals surface area contributed by atoms with Crippen molar-refractivity contribution >= 4 is 11.3 Å². The van der Waals surface area contributed by atoms with Crippen molar-refractivity contribution in [2.24, 2.45) is 5.73 Å². The summed E-state index contributed by atoms with van der Waals surface area (Å²) in [7, 11) is 0. The number of nitrogens with one attached hydrogen (secondary N) is 1. The molecule has 0 aliphatic rings. The van der Waals surface area contributed by atoms with Crippen LogP contribution in [0.2, 0.25) is 0 Å². The van der Waals surface area contributed by atoms with Gasteiger partial charge in [0.2, 0.25) is 0 Å². The van der Waals surface area contributed by atoms with Crippen LogP contribution in [-0.2, 0) is 13.0 Å². The van der Waals surface area contributed by atoms with Crippen LogP contribution in [0.15, 0.2) is 5.38 Å². The molecule has 14 heavy (non-hydrogen) atoms. The largest absolute Gasteiger partial charge is 0.324 e. The summed E-state index contributed by atoms with van der Waals surface area (Å²) in [6.45, 7) is 2.35. The van der Waals surface area contributed by atoms with Gasteiger partial charge in [-0.05, 0) is 6.92 Å². The highest BCUT2D eigenvalue weighted by atomic mass is 32.1. The lowest BCUT2D eigenvalue weighted by Gasteiger charge is -1.89. The Balaban J connectivity index is 2.10. The molecule has 0 aromatic carbocycles. The summed E-state index contributed by atoms with van der Waals surface area (Å²) in [4.78, 5) is 8.55. The maximum atomic E-state index is 5.40. The van der Waals surface area contributed by atoms with Gasteiger partial charge in [0.15, 0.2) is 5.82 Å². The Labute approximate surface area is 85.4 Å². The van der Waals surface area contributed by atoms with Crippen LogP contribution in [0, 0.1) is 6.92 Å². The summed E-state index contributed by atoms with van der Waals surface area (Å²) >= 11 is 1.64. The third kappa shape index (κ3) is 1.97. The molecule has 0 aliphatic heterocycles. The van der Waals surface area contributed by atoms with Gasteiger partial charge in [-0.2, -0.15) is 5.10 Å². The van der Waals surface area contributed by atoms with E-state index in [4.69, 9.17) is 5.73 Å². The highest BCUT2D eigenvalue weighted by Crippen LogP contribution is 2.10. The average Bonchev–Trinajstić information content (AvgIpc) is 2.76. The molecule has 2 aromatic heterocycles. The first-order valence-corrected chi connectivity index (χ1v) is 5.17. The van der Waals surface area contributed by atoms with Crippen molar-refractivity contribution in [3.05, 3.63) is 27.7 Å². The molecule has 0 saturated carbocycles. The van der Waals surface area contributed by atoms with Crippen molar-refractivity contribution < 1.29 is 0 Å². The Morgan fingerprint density at radius 2 is 2.36 bits per heavy atom. The lowest BCUT2D eigenvalue weighted by molar-refractivity contribution is 0.916. The Bertz CT molecular complexity index is 419. The highest BCUT2D eigenvalue weighted by Gasteiger charge is 2.04. The smallest absolute Gasteiger partial charge is 0.164 e. The number of aryl methyl sites for hydroxylation is 1. The van der Waals surface area contributed by atoms with E-state index >= 15 is 0 Å². The lowest BCUT2D eigenvalue weighted by atomic mass is 10.3. The third-order valence-corrected chi connectivity index (χ3v) is 2.60. The topological polar surface area (TPSA) is 80.5 Å². The van der Waals surface area contributed by atoms with E-state index in [9.17, 15) is 0 Å². The van der Waals surface area contributed by atoms with E-state index < -0.39 is 0 Å². The number of nitrogens with zero attached hydrogens (tertiary/aromatic N) is 3. The minimum atomic E-state index is 0.368. The number of aromatic amines is 1. The second-order valence-electron chi connectivity index (χ2n) is 2.94. The molecule has 0 aliphatic carbocycles. The Hall–Kier alpha value is -1.27. The quantitative estimate of drug-likeness (QED) is 0.776.